The molecular weight excluding hydrogens is 512 g/mol. The van der Waals surface area contributed by atoms with Crippen LogP contribution in [0.5, 0.6) is 17.2 Å². The second-order valence-corrected chi connectivity index (χ2v) is 9.20. The van der Waals surface area contributed by atoms with E-state index in [9.17, 15) is 14.7 Å². The Hall–Kier alpha value is -4.79. The lowest BCUT2D eigenvalue weighted by Gasteiger charge is -2.31. The van der Waals surface area contributed by atoms with Crippen LogP contribution >= 0.6 is 0 Å². The standard InChI is InChI=1S/C31H32N2O7/c1-20(33(21(2)30(34)35)31(36)40-27-16-14-25(37-4)15-17-27)23-10-12-26(13-11-23)38-19-18-28-22(3)39-29(32-28)24-8-6-5-7-9-24/h5-17,20-21H,18-19H2,1-4H3,(H,34,35)/t20-,21-/m0/s1. The number of aromatic nitrogens is 1. The van der Waals surface area contributed by atoms with Gasteiger partial charge in [-0.2, -0.15) is 0 Å². The number of amides is 1. The van der Waals surface area contributed by atoms with Gasteiger partial charge in [0.2, 0.25) is 5.89 Å². The van der Waals surface area contributed by atoms with Gasteiger partial charge in [-0.15, -0.1) is 0 Å². The van der Waals surface area contributed by atoms with Crippen molar-refractivity contribution in [3.63, 3.8) is 0 Å². The highest BCUT2D eigenvalue weighted by Gasteiger charge is 2.32. The molecule has 0 fully saturated rings. The van der Waals surface area contributed by atoms with E-state index in [2.05, 4.69) is 4.98 Å². The van der Waals surface area contributed by atoms with Crippen molar-refractivity contribution in [1.82, 2.24) is 9.88 Å². The quantitative estimate of drug-likeness (QED) is 0.234. The second kappa shape index (κ2) is 12.8. The van der Waals surface area contributed by atoms with Crippen LogP contribution in [0.25, 0.3) is 11.5 Å². The molecule has 208 valence electrons. The van der Waals surface area contributed by atoms with Crippen molar-refractivity contribution >= 4 is 12.1 Å². The van der Waals surface area contributed by atoms with E-state index < -0.39 is 24.1 Å². The third kappa shape index (κ3) is 6.79. The van der Waals surface area contributed by atoms with Crippen molar-refractivity contribution in [3.05, 3.63) is 95.9 Å². The van der Waals surface area contributed by atoms with Crippen LogP contribution in [-0.4, -0.2) is 46.8 Å². The maximum absolute atomic E-state index is 13.1. The lowest BCUT2D eigenvalue weighted by molar-refractivity contribution is -0.142. The highest BCUT2D eigenvalue weighted by atomic mass is 16.6. The fraction of sp³-hybridized carbons (Fsp3) is 0.258. The predicted octanol–water partition coefficient (Wildman–Crippen LogP) is 6.32. The number of aliphatic carboxylic acids is 1. The molecule has 4 aromatic rings. The normalized spacial score (nSPS) is 12.3. The fourth-order valence-corrected chi connectivity index (χ4v) is 4.20. The molecule has 0 aliphatic rings. The van der Waals surface area contributed by atoms with Gasteiger partial charge in [0.15, 0.2) is 0 Å². The minimum Gasteiger partial charge on any atom is -0.497 e. The number of oxazole rings is 1. The number of hydrogen-bond donors (Lipinski definition) is 1. The van der Waals surface area contributed by atoms with E-state index in [1.165, 1.54) is 18.9 Å². The van der Waals surface area contributed by atoms with Gasteiger partial charge in [-0.05, 0) is 74.9 Å². The molecule has 1 aromatic heterocycles. The predicted molar refractivity (Wildman–Crippen MR) is 149 cm³/mol. The van der Waals surface area contributed by atoms with Crippen LogP contribution in [0.4, 0.5) is 4.79 Å². The molecule has 4 rings (SSSR count). The van der Waals surface area contributed by atoms with Crippen molar-refractivity contribution in [3.8, 4) is 28.7 Å². The van der Waals surface area contributed by atoms with Gasteiger partial charge >= 0.3 is 12.1 Å². The maximum Gasteiger partial charge on any atom is 0.416 e. The summed E-state index contributed by atoms with van der Waals surface area (Å²) in [6, 6.07) is 21.7. The Kier molecular flexibility index (Phi) is 9.06. The summed E-state index contributed by atoms with van der Waals surface area (Å²) in [7, 11) is 1.54. The Bertz CT molecular complexity index is 1420. The minimum atomic E-state index is -1.14. The summed E-state index contributed by atoms with van der Waals surface area (Å²) >= 11 is 0. The smallest absolute Gasteiger partial charge is 0.416 e. The van der Waals surface area contributed by atoms with E-state index in [0.29, 0.717) is 30.4 Å². The van der Waals surface area contributed by atoms with Crippen molar-refractivity contribution in [2.45, 2.75) is 39.3 Å². The molecule has 9 nitrogen and oxygen atoms in total. The third-order valence-electron chi connectivity index (χ3n) is 6.55. The molecule has 40 heavy (non-hydrogen) atoms. The van der Waals surface area contributed by atoms with Gasteiger partial charge < -0.3 is 23.7 Å². The van der Waals surface area contributed by atoms with Gasteiger partial charge in [0.05, 0.1) is 25.5 Å². The molecule has 9 heteroatoms. The van der Waals surface area contributed by atoms with Crippen molar-refractivity contribution in [2.24, 2.45) is 0 Å². The van der Waals surface area contributed by atoms with E-state index in [1.54, 1.807) is 55.5 Å². The van der Waals surface area contributed by atoms with Crippen LogP contribution < -0.4 is 14.2 Å². The number of carbonyl (C=O) groups is 2. The van der Waals surface area contributed by atoms with Crippen molar-refractivity contribution in [1.29, 1.82) is 0 Å². The number of benzene rings is 3. The Balaban J connectivity index is 1.39. The first-order chi connectivity index (χ1) is 19.3. The molecule has 1 N–H and O–H groups in total. The lowest BCUT2D eigenvalue weighted by atomic mass is 10.1. The van der Waals surface area contributed by atoms with E-state index in [1.807, 2.05) is 37.3 Å². The Labute approximate surface area is 232 Å². The zero-order valence-corrected chi connectivity index (χ0v) is 22.9. The molecule has 1 heterocycles. The topological polar surface area (TPSA) is 111 Å². The molecule has 0 radical (unpaired) electrons. The molecule has 0 unspecified atom stereocenters. The van der Waals surface area contributed by atoms with E-state index in [-0.39, 0.29) is 5.75 Å². The van der Waals surface area contributed by atoms with E-state index in [4.69, 9.17) is 18.6 Å². The fourth-order valence-electron chi connectivity index (χ4n) is 4.20. The highest BCUT2D eigenvalue weighted by Crippen LogP contribution is 2.27. The van der Waals surface area contributed by atoms with Gasteiger partial charge in [0.1, 0.15) is 29.1 Å². The average Bonchev–Trinajstić information content (AvgIpc) is 3.34. The monoisotopic (exact) mass is 544 g/mol. The minimum absolute atomic E-state index is 0.280. The molecule has 0 aliphatic heterocycles. The zero-order chi connectivity index (χ0) is 28.6. The summed E-state index contributed by atoms with van der Waals surface area (Å²) in [5, 5.41) is 9.65. The van der Waals surface area contributed by atoms with Crippen molar-refractivity contribution < 1.29 is 33.3 Å². The largest absolute Gasteiger partial charge is 0.497 e. The first-order valence-corrected chi connectivity index (χ1v) is 12.9. The number of carboxylic acid groups (broad SMARTS) is 1. The van der Waals surface area contributed by atoms with Gasteiger partial charge in [-0.1, -0.05) is 30.3 Å². The van der Waals surface area contributed by atoms with E-state index in [0.717, 1.165) is 22.6 Å². The third-order valence-corrected chi connectivity index (χ3v) is 6.55. The zero-order valence-electron chi connectivity index (χ0n) is 22.9. The summed E-state index contributed by atoms with van der Waals surface area (Å²) in [4.78, 5) is 30.7. The number of carboxylic acids is 1. The first kappa shape index (κ1) is 28.2. The van der Waals surface area contributed by atoms with Gasteiger partial charge in [-0.25, -0.2) is 14.6 Å². The molecule has 0 bridgehead atoms. The van der Waals surface area contributed by atoms with Crippen LogP contribution in [0, 0.1) is 6.92 Å². The molecule has 0 saturated carbocycles. The lowest BCUT2D eigenvalue weighted by Crippen LogP contribution is -2.46. The van der Waals surface area contributed by atoms with Crippen LogP contribution in [-0.2, 0) is 11.2 Å². The van der Waals surface area contributed by atoms with Crippen LogP contribution in [0.2, 0.25) is 0 Å². The molecule has 0 spiro atoms. The summed E-state index contributed by atoms with van der Waals surface area (Å²) in [5.41, 5.74) is 2.48. The molecule has 0 saturated heterocycles. The molecule has 3 aromatic carbocycles. The highest BCUT2D eigenvalue weighted by molar-refractivity contribution is 5.81. The summed E-state index contributed by atoms with van der Waals surface area (Å²) in [5.74, 6) is 1.72. The van der Waals surface area contributed by atoms with Crippen LogP contribution in [0.15, 0.2) is 83.3 Å². The average molecular weight is 545 g/mol. The Morgan fingerprint density at radius 2 is 1.55 bits per heavy atom. The van der Waals surface area contributed by atoms with Gasteiger partial charge in [0, 0.05) is 12.0 Å². The maximum atomic E-state index is 13.1. The van der Waals surface area contributed by atoms with Crippen molar-refractivity contribution in [2.75, 3.05) is 13.7 Å². The van der Waals surface area contributed by atoms with E-state index >= 15 is 0 Å². The molecular formula is C31H32N2O7. The van der Waals surface area contributed by atoms with Crippen LogP contribution in [0.3, 0.4) is 0 Å². The number of nitrogens with zero attached hydrogens (tertiary/aromatic N) is 2. The number of hydrogen-bond acceptors (Lipinski definition) is 7. The first-order valence-electron chi connectivity index (χ1n) is 12.9. The molecule has 2 atom stereocenters. The number of aryl methyl sites for hydroxylation is 1. The molecule has 1 amide bonds. The van der Waals surface area contributed by atoms with Gasteiger partial charge in [-0.3, -0.25) is 4.90 Å². The summed E-state index contributed by atoms with van der Waals surface area (Å²) < 4.78 is 22.3. The SMILES string of the molecule is COc1ccc(OC(=O)N([C@@H](C)C(=O)O)[C@@H](C)c2ccc(OCCc3nc(-c4ccccc4)oc3C)cc2)cc1. The Morgan fingerprint density at radius 1 is 0.925 bits per heavy atom. The summed E-state index contributed by atoms with van der Waals surface area (Å²) in [6.45, 7) is 5.48. The second-order valence-electron chi connectivity index (χ2n) is 9.20. The number of methoxy groups -OCH3 is 1. The number of rotatable bonds is 11. The van der Waals surface area contributed by atoms with Crippen LogP contribution in [0.1, 0.15) is 36.9 Å². The number of carbonyl (C=O) groups excluding carboxylic acids is 1. The van der Waals surface area contributed by atoms with Gasteiger partial charge in [0.25, 0.3) is 0 Å². The Morgan fingerprint density at radius 3 is 2.17 bits per heavy atom. The number of ether oxygens (including phenoxy) is 3. The summed E-state index contributed by atoms with van der Waals surface area (Å²) in [6.07, 6.45) is -0.202. The molecule has 0 aliphatic carbocycles.